The van der Waals surface area contributed by atoms with Gasteiger partial charge in [-0.15, -0.1) is 0 Å². The highest BCUT2D eigenvalue weighted by Crippen LogP contribution is 2.43. The number of amides is 1. The van der Waals surface area contributed by atoms with Gasteiger partial charge in [0.2, 0.25) is 5.91 Å². The molecule has 5 heteroatoms. The summed E-state index contributed by atoms with van der Waals surface area (Å²) in [5, 5.41) is 1.32. The number of aromatic nitrogens is 1. The van der Waals surface area contributed by atoms with Gasteiger partial charge in [-0.25, -0.2) is 0 Å². The van der Waals surface area contributed by atoms with Gasteiger partial charge < -0.3 is 19.4 Å². The van der Waals surface area contributed by atoms with Crippen LogP contribution in [0.2, 0.25) is 0 Å². The number of ether oxygens (including phenoxy) is 2. The van der Waals surface area contributed by atoms with E-state index in [9.17, 15) is 4.79 Å². The summed E-state index contributed by atoms with van der Waals surface area (Å²) in [5.41, 5.74) is 3.85. The van der Waals surface area contributed by atoms with Crippen molar-refractivity contribution in [3.8, 4) is 0 Å². The molecule has 2 fully saturated rings. The third kappa shape index (κ3) is 2.74. The Labute approximate surface area is 153 Å². The molecule has 138 valence electrons. The predicted octanol–water partition coefficient (Wildman–Crippen LogP) is 3.55. The van der Waals surface area contributed by atoms with Crippen molar-refractivity contribution in [1.82, 2.24) is 9.88 Å². The third-order valence-electron chi connectivity index (χ3n) is 6.21. The van der Waals surface area contributed by atoms with Gasteiger partial charge in [-0.3, -0.25) is 4.79 Å². The number of carbonyl (C=O) groups is 1. The van der Waals surface area contributed by atoms with E-state index in [1.165, 1.54) is 28.6 Å². The first-order chi connectivity index (χ1) is 12.8. The molecule has 3 aliphatic heterocycles. The Kier molecular flexibility index (Phi) is 4.21. The second kappa shape index (κ2) is 6.71. The Hall–Kier alpha value is -1.85. The standard InChI is InChI=1S/C21H26N2O3/c24-21-14(9-12-26-19-7-3-4-11-25-19)13-18-20-16(8-10-23(18)21)15-5-1-2-6-17(15)22-20/h1-2,5-6,14,18-19,22H,3-4,7-13H2. The normalized spacial score (nSPS) is 28.4. The Bertz CT molecular complexity index is 809. The smallest absolute Gasteiger partial charge is 0.226 e. The first-order valence-corrected chi connectivity index (χ1v) is 9.94. The Morgan fingerprint density at radius 3 is 3.08 bits per heavy atom. The van der Waals surface area contributed by atoms with Crippen LogP contribution < -0.4 is 0 Å². The van der Waals surface area contributed by atoms with Gasteiger partial charge in [0.15, 0.2) is 6.29 Å². The number of benzene rings is 1. The lowest BCUT2D eigenvalue weighted by atomic mass is 9.95. The number of H-pyrrole nitrogens is 1. The van der Waals surface area contributed by atoms with Crippen LogP contribution in [-0.2, 0) is 20.7 Å². The highest BCUT2D eigenvalue weighted by Gasteiger charge is 2.43. The molecule has 0 bridgehead atoms. The zero-order valence-corrected chi connectivity index (χ0v) is 15.1. The molecular formula is C21H26N2O3. The van der Waals surface area contributed by atoms with Crippen LogP contribution in [0.15, 0.2) is 24.3 Å². The van der Waals surface area contributed by atoms with E-state index in [0.29, 0.717) is 12.5 Å². The summed E-state index contributed by atoms with van der Waals surface area (Å²) in [6.45, 7) is 2.24. The van der Waals surface area contributed by atoms with Crippen LogP contribution in [0.25, 0.3) is 10.9 Å². The van der Waals surface area contributed by atoms with Gasteiger partial charge in [-0.1, -0.05) is 18.2 Å². The number of para-hydroxylation sites is 1. The molecule has 0 aliphatic carbocycles. The lowest BCUT2D eigenvalue weighted by Crippen LogP contribution is -2.35. The highest BCUT2D eigenvalue weighted by molar-refractivity contribution is 5.87. The summed E-state index contributed by atoms with van der Waals surface area (Å²) in [4.78, 5) is 18.5. The summed E-state index contributed by atoms with van der Waals surface area (Å²) in [6, 6.07) is 8.68. The summed E-state index contributed by atoms with van der Waals surface area (Å²) in [7, 11) is 0. The van der Waals surface area contributed by atoms with Crippen molar-refractivity contribution >= 4 is 16.8 Å². The Morgan fingerprint density at radius 2 is 2.19 bits per heavy atom. The van der Waals surface area contributed by atoms with Crippen molar-refractivity contribution in [2.75, 3.05) is 19.8 Å². The maximum atomic E-state index is 12.9. The molecule has 0 saturated carbocycles. The van der Waals surface area contributed by atoms with Crippen molar-refractivity contribution in [3.05, 3.63) is 35.5 Å². The van der Waals surface area contributed by atoms with Crippen molar-refractivity contribution in [2.24, 2.45) is 5.92 Å². The van der Waals surface area contributed by atoms with Crippen LogP contribution in [0.1, 0.15) is 49.4 Å². The number of rotatable bonds is 4. The summed E-state index contributed by atoms with van der Waals surface area (Å²) < 4.78 is 11.5. The number of aromatic amines is 1. The van der Waals surface area contributed by atoms with E-state index in [2.05, 4.69) is 34.1 Å². The van der Waals surface area contributed by atoms with Crippen molar-refractivity contribution in [2.45, 2.75) is 50.9 Å². The molecule has 4 heterocycles. The average Bonchev–Trinajstić information content (AvgIpc) is 3.21. The van der Waals surface area contributed by atoms with Crippen LogP contribution in [0, 0.1) is 5.92 Å². The molecule has 0 radical (unpaired) electrons. The van der Waals surface area contributed by atoms with E-state index < -0.39 is 0 Å². The molecule has 5 rings (SSSR count). The van der Waals surface area contributed by atoms with Crippen molar-refractivity contribution in [3.63, 3.8) is 0 Å². The molecule has 2 saturated heterocycles. The van der Waals surface area contributed by atoms with Crippen molar-refractivity contribution in [1.29, 1.82) is 0 Å². The minimum atomic E-state index is -0.0665. The average molecular weight is 354 g/mol. The van der Waals surface area contributed by atoms with Gasteiger partial charge in [0.1, 0.15) is 0 Å². The molecule has 3 unspecified atom stereocenters. The molecule has 3 aliphatic rings. The molecule has 1 amide bonds. The van der Waals surface area contributed by atoms with Crippen LogP contribution in [0.5, 0.6) is 0 Å². The number of nitrogens with zero attached hydrogens (tertiary/aromatic N) is 1. The molecule has 3 atom stereocenters. The minimum absolute atomic E-state index is 0.0665. The van der Waals surface area contributed by atoms with Crippen LogP contribution in [-0.4, -0.2) is 41.8 Å². The van der Waals surface area contributed by atoms with Crippen LogP contribution in [0.3, 0.4) is 0 Å². The summed E-state index contributed by atoms with van der Waals surface area (Å²) in [6.07, 6.45) is 5.85. The molecule has 5 nitrogen and oxygen atoms in total. The van der Waals surface area contributed by atoms with Gasteiger partial charge in [0.25, 0.3) is 0 Å². The third-order valence-corrected chi connectivity index (χ3v) is 6.21. The number of carbonyl (C=O) groups excluding carboxylic acids is 1. The molecular weight excluding hydrogens is 328 g/mol. The second-order valence-corrected chi connectivity index (χ2v) is 7.75. The van der Waals surface area contributed by atoms with Gasteiger partial charge in [0.05, 0.1) is 12.6 Å². The first-order valence-electron chi connectivity index (χ1n) is 9.94. The zero-order chi connectivity index (χ0) is 17.5. The maximum Gasteiger partial charge on any atom is 0.226 e. The molecule has 2 aromatic rings. The van der Waals surface area contributed by atoms with E-state index in [-0.39, 0.29) is 18.2 Å². The summed E-state index contributed by atoms with van der Waals surface area (Å²) in [5.74, 6) is 0.369. The van der Waals surface area contributed by atoms with E-state index in [1.54, 1.807) is 0 Å². The van der Waals surface area contributed by atoms with Gasteiger partial charge >= 0.3 is 0 Å². The van der Waals surface area contributed by atoms with Crippen LogP contribution >= 0.6 is 0 Å². The summed E-state index contributed by atoms with van der Waals surface area (Å²) >= 11 is 0. The number of fused-ring (bicyclic) bond motifs is 5. The SMILES string of the molecule is O=C1C(CCOC2CCCCO2)CC2c3[nH]c4ccccc4c3CCN12. The van der Waals surface area contributed by atoms with E-state index in [4.69, 9.17) is 9.47 Å². The Morgan fingerprint density at radius 1 is 1.27 bits per heavy atom. The van der Waals surface area contributed by atoms with Crippen LogP contribution in [0.4, 0.5) is 0 Å². The fraction of sp³-hybridized carbons (Fsp3) is 0.571. The van der Waals surface area contributed by atoms with Gasteiger partial charge in [-0.05, 0) is 50.2 Å². The second-order valence-electron chi connectivity index (χ2n) is 7.75. The fourth-order valence-electron chi connectivity index (χ4n) is 4.86. The predicted molar refractivity (Wildman–Crippen MR) is 98.7 cm³/mol. The first kappa shape index (κ1) is 16.3. The minimum Gasteiger partial charge on any atom is -0.356 e. The lowest BCUT2D eigenvalue weighted by molar-refractivity contribution is -0.165. The van der Waals surface area contributed by atoms with E-state index >= 15 is 0 Å². The largest absolute Gasteiger partial charge is 0.356 e. The molecule has 0 spiro atoms. The highest BCUT2D eigenvalue weighted by atomic mass is 16.7. The quantitative estimate of drug-likeness (QED) is 0.914. The number of hydrogen-bond acceptors (Lipinski definition) is 3. The zero-order valence-electron chi connectivity index (χ0n) is 15.1. The molecule has 1 aromatic carbocycles. The fourth-order valence-corrected chi connectivity index (χ4v) is 4.86. The van der Waals surface area contributed by atoms with E-state index in [0.717, 1.165) is 45.3 Å². The van der Waals surface area contributed by atoms with Gasteiger partial charge in [0, 0.05) is 35.7 Å². The van der Waals surface area contributed by atoms with E-state index in [1.807, 2.05) is 0 Å². The molecule has 1 N–H and O–H groups in total. The number of hydrogen-bond donors (Lipinski definition) is 1. The topological polar surface area (TPSA) is 54.6 Å². The van der Waals surface area contributed by atoms with Gasteiger partial charge in [-0.2, -0.15) is 0 Å². The Balaban J connectivity index is 1.28. The lowest BCUT2D eigenvalue weighted by Gasteiger charge is -2.29. The maximum absolute atomic E-state index is 12.9. The number of nitrogens with one attached hydrogen (secondary N) is 1. The molecule has 1 aromatic heterocycles. The molecule has 26 heavy (non-hydrogen) atoms. The van der Waals surface area contributed by atoms with Crippen molar-refractivity contribution < 1.29 is 14.3 Å². The monoisotopic (exact) mass is 354 g/mol.